The van der Waals surface area contributed by atoms with E-state index in [0.717, 1.165) is 31.6 Å². The van der Waals surface area contributed by atoms with Gasteiger partial charge in [-0.2, -0.15) is 0 Å². The molecule has 1 heterocycles. The van der Waals surface area contributed by atoms with Gasteiger partial charge in [0.05, 0.1) is 5.56 Å². The van der Waals surface area contributed by atoms with Gasteiger partial charge in [-0.1, -0.05) is 30.9 Å². The average molecular weight is 297 g/mol. The van der Waals surface area contributed by atoms with E-state index in [2.05, 4.69) is 23.6 Å². The van der Waals surface area contributed by atoms with Crippen LogP contribution in [0.15, 0.2) is 60.7 Å². The molecule has 0 bridgehead atoms. The Morgan fingerprint density at radius 3 is 2.41 bits per heavy atom. The summed E-state index contributed by atoms with van der Waals surface area (Å²) in [5, 5.41) is 8.95. The van der Waals surface area contributed by atoms with Gasteiger partial charge in [-0.15, -0.1) is 0 Å². The zero-order chi connectivity index (χ0) is 15.9. The second-order valence-corrected chi connectivity index (χ2v) is 5.51. The zero-order valence-corrected chi connectivity index (χ0v) is 13.0. The van der Waals surface area contributed by atoms with Crippen molar-refractivity contribution in [1.29, 1.82) is 0 Å². The Labute approximate surface area is 132 Å². The van der Waals surface area contributed by atoms with E-state index >= 15 is 0 Å². The van der Waals surface area contributed by atoms with Crippen molar-refractivity contribution in [3.63, 3.8) is 0 Å². The normalized spacial score (nSPS) is 17.0. The van der Waals surface area contributed by atoms with Gasteiger partial charge in [0.25, 0.3) is 0 Å². The predicted octanol–water partition coefficient (Wildman–Crippen LogP) is 4.29. The van der Waals surface area contributed by atoms with Gasteiger partial charge in [0.1, 0.15) is 0 Å². The summed E-state index contributed by atoms with van der Waals surface area (Å²) in [4.78, 5) is 13.2. The van der Waals surface area contributed by atoms with Crippen LogP contribution in [0.1, 0.15) is 30.1 Å². The Morgan fingerprint density at radius 2 is 1.91 bits per heavy atom. The van der Waals surface area contributed by atoms with E-state index in [1.165, 1.54) is 5.57 Å². The van der Waals surface area contributed by atoms with Crippen LogP contribution in [-0.4, -0.2) is 24.2 Å². The molecule has 116 valence electrons. The van der Waals surface area contributed by atoms with Crippen LogP contribution in [0.2, 0.25) is 0 Å². The van der Waals surface area contributed by atoms with E-state index < -0.39 is 5.97 Å². The molecule has 1 fully saturated rings. The van der Waals surface area contributed by atoms with E-state index in [1.54, 1.807) is 12.1 Å². The van der Waals surface area contributed by atoms with Gasteiger partial charge in [-0.3, -0.25) is 0 Å². The smallest absolute Gasteiger partial charge is 0.335 e. The number of anilines is 1. The van der Waals surface area contributed by atoms with Crippen LogP contribution < -0.4 is 4.90 Å². The average Bonchev–Trinajstić information content (AvgIpc) is 2.56. The van der Waals surface area contributed by atoms with Crippen LogP contribution in [0.4, 0.5) is 5.69 Å². The number of hydrogen-bond donors (Lipinski definition) is 1. The number of nitrogens with zero attached hydrogens (tertiary/aromatic N) is 1. The van der Waals surface area contributed by atoms with Gasteiger partial charge in [0, 0.05) is 18.8 Å². The first-order valence-electron chi connectivity index (χ1n) is 7.69. The summed E-state index contributed by atoms with van der Waals surface area (Å²) in [5.41, 5.74) is 2.74. The third kappa shape index (κ3) is 3.88. The number of rotatable bonds is 5. The van der Waals surface area contributed by atoms with Crippen LogP contribution in [0, 0.1) is 5.92 Å². The van der Waals surface area contributed by atoms with Crippen molar-refractivity contribution in [3.05, 3.63) is 66.3 Å². The Morgan fingerprint density at radius 1 is 1.27 bits per heavy atom. The van der Waals surface area contributed by atoms with Gasteiger partial charge >= 0.3 is 5.97 Å². The molecule has 2 rings (SSSR count). The van der Waals surface area contributed by atoms with Gasteiger partial charge in [0.15, 0.2) is 0 Å². The highest BCUT2D eigenvalue weighted by molar-refractivity contribution is 5.88. The Bertz CT molecular complexity index is 576. The molecule has 3 nitrogen and oxygen atoms in total. The molecule has 1 N–H and O–H groups in total. The van der Waals surface area contributed by atoms with Crippen molar-refractivity contribution >= 4 is 11.7 Å². The summed E-state index contributed by atoms with van der Waals surface area (Å²) in [7, 11) is 0. The molecule has 1 aromatic carbocycles. The van der Waals surface area contributed by atoms with Crippen LogP contribution in [0.5, 0.6) is 0 Å². The third-order valence-corrected chi connectivity index (χ3v) is 4.16. The number of benzene rings is 1. The number of allylic oxidation sites excluding steroid dienone is 5. The van der Waals surface area contributed by atoms with Crippen molar-refractivity contribution in [1.82, 2.24) is 0 Å². The minimum absolute atomic E-state index is 0.335. The topological polar surface area (TPSA) is 40.5 Å². The Balaban J connectivity index is 1.99. The van der Waals surface area contributed by atoms with Crippen LogP contribution in [0.3, 0.4) is 0 Å². The van der Waals surface area contributed by atoms with E-state index in [4.69, 9.17) is 5.11 Å². The summed E-state index contributed by atoms with van der Waals surface area (Å²) in [6.07, 6.45) is 10.4. The number of hydrogen-bond acceptors (Lipinski definition) is 2. The summed E-state index contributed by atoms with van der Waals surface area (Å²) < 4.78 is 0. The van der Waals surface area contributed by atoms with Gasteiger partial charge in [-0.05, 0) is 55.5 Å². The highest BCUT2D eigenvalue weighted by atomic mass is 16.4. The molecule has 0 radical (unpaired) electrons. The third-order valence-electron chi connectivity index (χ3n) is 4.16. The molecule has 0 aliphatic carbocycles. The van der Waals surface area contributed by atoms with Crippen LogP contribution >= 0.6 is 0 Å². The highest BCUT2D eigenvalue weighted by Crippen LogP contribution is 2.28. The molecule has 1 aromatic rings. The molecule has 22 heavy (non-hydrogen) atoms. The summed E-state index contributed by atoms with van der Waals surface area (Å²) in [6.45, 7) is 7.90. The molecule has 0 spiro atoms. The Kier molecular flexibility index (Phi) is 5.59. The number of carbonyl (C=O) groups is 1. The lowest BCUT2D eigenvalue weighted by Gasteiger charge is -2.34. The largest absolute Gasteiger partial charge is 0.478 e. The fourth-order valence-electron chi connectivity index (χ4n) is 2.86. The van der Waals surface area contributed by atoms with Crippen molar-refractivity contribution in [3.8, 4) is 0 Å². The van der Waals surface area contributed by atoms with Crippen molar-refractivity contribution < 1.29 is 9.90 Å². The summed E-state index contributed by atoms with van der Waals surface area (Å²) >= 11 is 0. The van der Waals surface area contributed by atoms with Gasteiger partial charge in [-0.25, -0.2) is 4.79 Å². The second kappa shape index (κ2) is 7.64. The van der Waals surface area contributed by atoms with E-state index in [9.17, 15) is 4.79 Å². The molecular formula is C19H23NO2. The number of aromatic carboxylic acids is 1. The van der Waals surface area contributed by atoms with Crippen LogP contribution in [-0.2, 0) is 0 Å². The molecule has 0 atom stereocenters. The molecule has 1 aliphatic rings. The first kappa shape index (κ1) is 16.1. The Hall–Kier alpha value is -2.29. The lowest BCUT2D eigenvalue weighted by molar-refractivity contribution is 0.0697. The van der Waals surface area contributed by atoms with E-state index in [1.807, 2.05) is 31.2 Å². The van der Waals surface area contributed by atoms with Crippen molar-refractivity contribution in [2.45, 2.75) is 19.8 Å². The maximum absolute atomic E-state index is 10.9. The minimum Gasteiger partial charge on any atom is -0.478 e. The van der Waals surface area contributed by atoms with Crippen molar-refractivity contribution in [2.75, 3.05) is 18.0 Å². The quantitative estimate of drug-likeness (QED) is 0.824. The highest BCUT2D eigenvalue weighted by Gasteiger charge is 2.21. The number of piperidine rings is 1. The minimum atomic E-state index is -0.880. The fraction of sp³-hybridized carbons (Fsp3) is 0.316. The fourth-order valence-corrected chi connectivity index (χ4v) is 2.86. The van der Waals surface area contributed by atoms with Crippen molar-refractivity contribution in [2.24, 2.45) is 5.92 Å². The van der Waals surface area contributed by atoms with Gasteiger partial charge in [0.2, 0.25) is 0 Å². The SMILES string of the molecule is C=C/C(=C\C=C/C)C1CCN(c2ccc(C(=O)O)cc2)CC1. The summed E-state index contributed by atoms with van der Waals surface area (Å²) in [6, 6.07) is 7.14. The molecule has 0 unspecified atom stereocenters. The number of carboxylic acid groups (broad SMARTS) is 1. The standard InChI is InChI=1S/C19H23NO2/c1-3-5-6-15(4-2)16-11-13-20(14-12-16)18-9-7-17(8-10-18)19(21)22/h3-10,16H,2,11-14H2,1H3,(H,21,22)/b5-3-,15-6+. The first-order valence-corrected chi connectivity index (χ1v) is 7.69. The summed E-state index contributed by atoms with van der Waals surface area (Å²) in [5.74, 6) is -0.321. The van der Waals surface area contributed by atoms with E-state index in [0.29, 0.717) is 11.5 Å². The second-order valence-electron chi connectivity index (χ2n) is 5.51. The maximum atomic E-state index is 10.9. The first-order chi connectivity index (χ1) is 10.7. The maximum Gasteiger partial charge on any atom is 0.335 e. The van der Waals surface area contributed by atoms with Gasteiger partial charge < -0.3 is 10.0 Å². The molecule has 0 aromatic heterocycles. The molecule has 1 aliphatic heterocycles. The lowest BCUT2D eigenvalue weighted by atomic mass is 9.88. The molecule has 0 saturated carbocycles. The monoisotopic (exact) mass is 297 g/mol. The molecule has 3 heteroatoms. The number of carboxylic acids is 1. The molecule has 0 amide bonds. The predicted molar refractivity (Wildman–Crippen MR) is 91.4 cm³/mol. The van der Waals surface area contributed by atoms with Crippen LogP contribution in [0.25, 0.3) is 0 Å². The lowest BCUT2D eigenvalue weighted by Crippen LogP contribution is -2.34. The zero-order valence-electron chi connectivity index (χ0n) is 13.0. The molecule has 1 saturated heterocycles. The molecular weight excluding hydrogens is 274 g/mol. The van der Waals surface area contributed by atoms with E-state index in [-0.39, 0.29) is 0 Å².